The van der Waals surface area contributed by atoms with E-state index in [0.29, 0.717) is 12.3 Å². The van der Waals surface area contributed by atoms with Crippen LogP contribution in [0.5, 0.6) is 0 Å². The van der Waals surface area contributed by atoms with Crippen molar-refractivity contribution in [3.05, 3.63) is 28.8 Å². The number of urea groups is 1. The van der Waals surface area contributed by atoms with Crippen LogP contribution in [-0.4, -0.2) is 36.9 Å². The maximum Gasteiger partial charge on any atom is 0.335 e. The molecule has 0 saturated carbocycles. The van der Waals surface area contributed by atoms with Gasteiger partial charge in [-0.2, -0.15) is 0 Å². The van der Waals surface area contributed by atoms with Gasteiger partial charge in [0.1, 0.15) is 0 Å². The number of hydrogen-bond acceptors (Lipinski definition) is 3. The number of amides is 2. The van der Waals surface area contributed by atoms with E-state index in [2.05, 4.69) is 10.6 Å². The first kappa shape index (κ1) is 15.3. The number of halogens is 1. The Morgan fingerprint density at radius 3 is 2.68 bits per heavy atom. The molecule has 0 aliphatic heterocycles. The van der Waals surface area contributed by atoms with E-state index in [1.807, 2.05) is 0 Å². The summed E-state index contributed by atoms with van der Waals surface area (Å²) in [7, 11) is 1.54. The Kier molecular flexibility index (Phi) is 5.59. The minimum Gasteiger partial charge on any atom is -0.478 e. The van der Waals surface area contributed by atoms with E-state index in [4.69, 9.17) is 21.4 Å². The molecule has 0 spiro atoms. The lowest BCUT2D eigenvalue weighted by Crippen LogP contribution is -2.38. The molecule has 0 saturated heterocycles. The fourth-order valence-corrected chi connectivity index (χ4v) is 1.65. The summed E-state index contributed by atoms with van der Waals surface area (Å²) < 4.78 is 4.89. The molecule has 0 aromatic heterocycles. The van der Waals surface area contributed by atoms with Crippen molar-refractivity contribution >= 4 is 29.3 Å². The van der Waals surface area contributed by atoms with Gasteiger partial charge >= 0.3 is 12.0 Å². The SMILES string of the molecule is COCC(C)NC(=O)Nc1ccc(C(=O)O)cc1Cl. The van der Waals surface area contributed by atoms with E-state index in [0.717, 1.165) is 0 Å². The minimum atomic E-state index is -1.08. The van der Waals surface area contributed by atoms with Crippen molar-refractivity contribution in [3.63, 3.8) is 0 Å². The molecule has 1 rings (SSSR count). The fourth-order valence-electron chi connectivity index (χ4n) is 1.42. The highest BCUT2D eigenvalue weighted by atomic mass is 35.5. The number of aromatic carboxylic acids is 1. The van der Waals surface area contributed by atoms with Gasteiger partial charge in [-0.3, -0.25) is 0 Å². The summed E-state index contributed by atoms with van der Waals surface area (Å²) in [5.74, 6) is -1.08. The lowest BCUT2D eigenvalue weighted by molar-refractivity contribution is 0.0697. The zero-order chi connectivity index (χ0) is 14.4. The van der Waals surface area contributed by atoms with Crippen LogP contribution >= 0.6 is 11.6 Å². The van der Waals surface area contributed by atoms with E-state index in [9.17, 15) is 9.59 Å². The lowest BCUT2D eigenvalue weighted by atomic mass is 10.2. The maximum absolute atomic E-state index is 11.6. The molecule has 0 aliphatic rings. The van der Waals surface area contributed by atoms with Crippen LogP contribution in [0.3, 0.4) is 0 Å². The number of benzene rings is 1. The molecular formula is C12H15ClN2O4. The summed E-state index contributed by atoms with van der Waals surface area (Å²) in [6, 6.07) is 3.49. The number of methoxy groups -OCH3 is 1. The van der Waals surface area contributed by atoms with Gasteiger partial charge in [-0.05, 0) is 25.1 Å². The van der Waals surface area contributed by atoms with Crippen LogP contribution in [0.25, 0.3) is 0 Å². The fraction of sp³-hybridized carbons (Fsp3) is 0.333. The minimum absolute atomic E-state index is 0.0590. The van der Waals surface area contributed by atoms with Gasteiger partial charge in [0.25, 0.3) is 0 Å². The predicted octanol–water partition coefficient (Wildman–Crippen LogP) is 2.19. The van der Waals surface area contributed by atoms with Crippen molar-refractivity contribution in [1.82, 2.24) is 5.32 Å². The molecule has 7 heteroatoms. The van der Waals surface area contributed by atoms with E-state index >= 15 is 0 Å². The zero-order valence-electron chi connectivity index (χ0n) is 10.6. The van der Waals surface area contributed by atoms with Crippen molar-refractivity contribution in [2.24, 2.45) is 0 Å². The Bertz CT molecular complexity index is 479. The standard InChI is InChI=1S/C12H15ClN2O4/c1-7(6-19-2)14-12(18)15-10-4-3-8(11(16)17)5-9(10)13/h3-5,7H,6H2,1-2H3,(H,16,17)(H2,14,15,18). The normalized spacial score (nSPS) is 11.7. The highest BCUT2D eigenvalue weighted by Crippen LogP contribution is 2.22. The van der Waals surface area contributed by atoms with Gasteiger partial charge < -0.3 is 20.5 Å². The van der Waals surface area contributed by atoms with E-state index in [-0.39, 0.29) is 16.6 Å². The Balaban J connectivity index is 2.67. The van der Waals surface area contributed by atoms with Gasteiger partial charge in [0.15, 0.2) is 0 Å². The predicted molar refractivity (Wildman–Crippen MR) is 71.9 cm³/mol. The van der Waals surface area contributed by atoms with Gasteiger partial charge in [0.2, 0.25) is 0 Å². The molecule has 3 N–H and O–H groups in total. The van der Waals surface area contributed by atoms with Crippen molar-refractivity contribution in [2.45, 2.75) is 13.0 Å². The summed E-state index contributed by atoms with van der Waals surface area (Å²) in [4.78, 5) is 22.3. The first-order valence-corrected chi connectivity index (χ1v) is 5.91. The number of hydrogen-bond donors (Lipinski definition) is 3. The summed E-state index contributed by atoms with van der Waals surface area (Å²) in [5.41, 5.74) is 0.400. The number of carboxylic acid groups (broad SMARTS) is 1. The first-order valence-electron chi connectivity index (χ1n) is 5.53. The molecule has 2 amide bonds. The highest BCUT2D eigenvalue weighted by molar-refractivity contribution is 6.34. The average Bonchev–Trinajstić information content (AvgIpc) is 2.31. The molecular weight excluding hydrogens is 272 g/mol. The highest BCUT2D eigenvalue weighted by Gasteiger charge is 2.11. The van der Waals surface area contributed by atoms with Gasteiger partial charge in [0, 0.05) is 7.11 Å². The average molecular weight is 287 g/mol. The molecule has 1 unspecified atom stereocenters. The number of carboxylic acids is 1. The Labute approximate surface area is 115 Å². The van der Waals surface area contributed by atoms with Crippen LogP contribution in [-0.2, 0) is 4.74 Å². The molecule has 104 valence electrons. The van der Waals surface area contributed by atoms with Crippen LogP contribution in [0.2, 0.25) is 5.02 Å². The molecule has 6 nitrogen and oxygen atoms in total. The van der Waals surface area contributed by atoms with Gasteiger partial charge in [0.05, 0.1) is 28.9 Å². The number of carbonyl (C=O) groups excluding carboxylic acids is 1. The first-order chi connectivity index (χ1) is 8.93. The van der Waals surface area contributed by atoms with Crippen molar-refractivity contribution < 1.29 is 19.4 Å². The molecule has 0 fully saturated rings. The number of carbonyl (C=O) groups is 2. The molecule has 1 aromatic carbocycles. The molecule has 0 bridgehead atoms. The van der Waals surface area contributed by atoms with E-state index < -0.39 is 12.0 Å². The summed E-state index contributed by atoms with van der Waals surface area (Å²) in [6.45, 7) is 2.18. The second kappa shape index (κ2) is 6.96. The molecule has 1 atom stereocenters. The second-order valence-electron chi connectivity index (χ2n) is 3.95. The van der Waals surface area contributed by atoms with Crippen molar-refractivity contribution in [3.8, 4) is 0 Å². The van der Waals surface area contributed by atoms with Crippen molar-refractivity contribution in [2.75, 3.05) is 19.0 Å². The molecule has 19 heavy (non-hydrogen) atoms. The third-order valence-electron chi connectivity index (χ3n) is 2.26. The molecule has 0 aliphatic carbocycles. The molecule has 0 radical (unpaired) electrons. The molecule has 0 heterocycles. The number of nitrogens with one attached hydrogen (secondary N) is 2. The number of anilines is 1. The number of ether oxygens (including phenoxy) is 1. The van der Waals surface area contributed by atoms with Crippen LogP contribution in [0.1, 0.15) is 17.3 Å². The van der Waals surface area contributed by atoms with E-state index in [1.165, 1.54) is 25.3 Å². The summed E-state index contributed by atoms with van der Waals surface area (Å²) >= 11 is 5.88. The monoisotopic (exact) mass is 286 g/mol. The van der Waals surface area contributed by atoms with Crippen LogP contribution in [0, 0.1) is 0 Å². The largest absolute Gasteiger partial charge is 0.478 e. The third kappa shape index (κ3) is 4.76. The quantitative estimate of drug-likeness (QED) is 0.774. The third-order valence-corrected chi connectivity index (χ3v) is 2.57. The number of rotatable bonds is 5. The summed E-state index contributed by atoms with van der Waals surface area (Å²) in [5, 5.41) is 14.1. The second-order valence-corrected chi connectivity index (χ2v) is 4.36. The van der Waals surface area contributed by atoms with Crippen LogP contribution in [0.4, 0.5) is 10.5 Å². The van der Waals surface area contributed by atoms with Gasteiger partial charge in [-0.15, -0.1) is 0 Å². The Hall–Kier alpha value is -1.79. The summed E-state index contributed by atoms with van der Waals surface area (Å²) in [6.07, 6.45) is 0. The Morgan fingerprint density at radius 2 is 2.16 bits per heavy atom. The zero-order valence-corrected chi connectivity index (χ0v) is 11.3. The van der Waals surface area contributed by atoms with Gasteiger partial charge in [-0.1, -0.05) is 11.6 Å². The Morgan fingerprint density at radius 1 is 1.47 bits per heavy atom. The van der Waals surface area contributed by atoms with Crippen LogP contribution < -0.4 is 10.6 Å². The van der Waals surface area contributed by atoms with Gasteiger partial charge in [-0.25, -0.2) is 9.59 Å². The molecule has 1 aromatic rings. The lowest BCUT2D eigenvalue weighted by Gasteiger charge is -2.14. The smallest absolute Gasteiger partial charge is 0.335 e. The van der Waals surface area contributed by atoms with Crippen molar-refractivity contribution in [1.29, 1.82) is 0 Å². The van der Waals surface area contributed by atoms with E-state index in [1.54, 1.807) is 6.92 Å². The van der Waals surface area contributed by atoms with Crippen LogP contribution in [0.15, 0.2) is 18.2 Å². The maximum atomic E-state index is 11.6. The topological polar surface area (TPSA) is 87.7 Å².